The summed E-state index contributed by atoms with van der Waals surface area (Å²) in [4.78, 5) is 10.2. The Kier molecular flexibility index (Phi) is 4.28. The van der Waals surface area contributed by atoms with Crippen LogP contribution in [0.4, 0.5) is 0 Å². The fourth-order valence-corrected chi connectivity index (χ4v) is 1.43. The van der Waals surface area contributed by atoms with Crippen LogP contribution in [0, 0.1) is 11.8 Å². The molecule has 0 saturated heterocycles. The highest BCUT2D eigenvalue weighted by atomic mass is 35.5. The van der Waals surface area contributed by atoms with E-state index in [0.717, 1.165) is 0 Å². The number of hydrogen-bond donors (Lipinski definition) is 1. The van der Waals surface area contributed by atoms with Crippen molar-refractivity contribution in [1.29, 1.82) is 0 Å². The summed E-state index contributed by atoms with van der Waals surface area (Å²) in [5, 5.41) is 9.40. The normalized spacial score (nSPS) is 9.27. The Morgan fingerprint density at radius 2 is 1.80 bits per heavy atom. The van der Waals surface area contributed by atoms with E-state index < -0.39 is 5.97 Å². The largest absolute Gasteiger partial charge is 0.481 e. The minimum Gasteiger partial charge on any atom is -0.481 e. The summed E-state index contributed by atoms with van der Waals surface area (Å²) in [5.41, 5.74) is 0.465. The number of carboxylic acids is 1. The van der Waals surface area contributed by atoms with Crippen LogP contribution in [-0.4, -0.2) is 11.1 Å². The van der Waals surface area contributed by atoms with E-state index in [2.05, 4.69) is 11.8 Å². The third-order valence-corrected chi connectivity index (χ3v) is 2.51. The zero-order valence-electron chi connectivity index (χ0n) is 7.35. The van der Waals surface area contributed by atoms with Crippen LogP contribution in [0.2, 0.25) is 15.1 Å². The first-order chi connectivity index (χ1) is 7.00. The van der Waals surface area contributed by atoms with Crippen molar-refractivity contribution in [3.63, 3.8) is 0 Å². The summed E-state index contributed by atoms with van der Waals surface area (Å²) in [6.07, 6.45) is -0.240. The van der Waals surface area contributed by atoms with Gasteiger partial charge in [-0.3, -0.25) is 4.79 Å². The van der Waals surface area contributed by atoms with Gasteiger partial charge in [0.1, 0.15) is 6.42 Å². The van der Waals surface area contributed by atoms with Crippen LogP contribution in [0.3, 0.4) is 0 Å². The number of aliphatic carboxylic acids is 1. The van der Waals surface area contributed by atoms with Crippen LogP contribution in [0.1, 0.15) is 12.0 Å². The Morgan fingerprint density at radius 3 is 2.40 bits per heavy atom. The quantitative estimate of drug-likeness (QED) is 0.622. The minimum absolute atomic E-state index is 0.240. The van der Waals surface area contributed by atoms with Crippen molar-refractivity contribution < 1.29 is 9.90 Å². The standard InChI is InChI=1S/C10H5Cl3O2/c11-7-5-9(13)8(12)4-6(7)2-1-3-10(14)15/h4-5H,3H2,(H,14,15). The van der Waals surface area contributed by atoms with Gasteiger partial charge < -0.3 is 5.11 Å². The van der Waals surface area contributed by atoms with Crippen molar-refractivity contribution in [3.8, 4) is 11.8 Å². The monoisotopic (exact) mass is 262 g/mol. The molecule has 5 heteroatoms. The van der Waals surface area contributed by atoms with Crippen LogP contribution < -0.4 is 0 Å². The van der Waals surface area contributed by atoms with Crippen LogP contribution in [0.25, 0.3) is 0 Å². The van der Waals surface area contributed by atoms with E-state index in [0.29, 0.717) is 20.6 Å². The van der Waals surface area contributed by atoms with Crippen molar-refractivity contribution >= 4 is 40.8 Å². The first-order valence-corrected chi connectivity index (χ1v) is 4.99. The molecule has 0 radical (unpaired) electrons. The van der Waals surface area contributed by atoms with Gasteiger partial charge in [-0.05, 0) is 12.1 Å². The van der Waals surface area contributed by atoms with Gasteiger partial charge in [-0.15, -0.1) is 0 Å². The van der Waals surface area contributed by atoms with Gasteiger partial charge in [0, 0.05) is 5.56 Å². The van der Waals surface area contributed by atoms with Crippen molar-refractivity contribution in [2.24, 2.45) is 0 Å². The molecule has 78 valence electrons. The SMILES string of the molecule is O=C(O)CC#Cc1cc(Cl)c(Cl)cc1Cl. The molecule has 0 amide bonds. The number of rotatable bonds is 1. The maximum atomic E-state index is 10.2. The molecule has 0 unspecified atom stereocenters. The highest BCUT2D eigenvalue weighted by Crippen LogP contribution is 2.28. The van der Waals surface area contributed by atoms with E-state index >= 15 is 0 Å². The van der Waals surface area contributed by atoms with Gasteiger partial charge in [-0.2, -0.15) is 0 Å². The van der Waals surface area contributed by atoms with Crippen LogP contribution in [0.5, 0.6) is 0 Å². The number of carbonyl (C=O) groups is 1. The molecular formula is C10H5Cl3O2. The molecule has 0 atom stereocenters. The zero-order chi connectivity index (χ0) is 11.4. The molecule has 1 aromatic rings. The second-order valence-corrected chi connectivity index (χ2v) is 3.84. The summed E-state index contributed by atoms with van der Waals surface area (Å²) < 4.78 is 0. The topological polar surface area (TPSA) is 37.3 Å². The molecule has 1 aromatic carbocycles. The second-order valence-electron chi connectivity index (χ2n) is 2.62. The Labute approximate surface area is 102 Å². The highest BCUT2D eigenvalue weighted by Gasteiger charge is 2.03. The lowest BCUT2D eigenvalue weighted by atomic mass is 10.2. The second kappa shape index (κ2) is 5.27. The van der Waals surface area contributed by atoms with Gasteiger partial charge in [-0.1, -0.05) is 46.6 Å². The summed E-state index contributed by atoms with van der Waals surface area (Å²) >= 11 is 17.3. The minimum atomic E-state index is -0.987. The average molecular weight is 264 g/mol. The maximum Gasteiger partial charge on any atom is 0.315 e. The van der Waals surface area contributed by atoms with E-state index in [1.165, 1.54) is 12.1 Å². The lowest BCUT2D eigenvalue weighted by molar-refractivity contribution is -0.135. The molecule has 2 nitrogen and oxygen atoms in total. The van der Waals surface area contributed by atoms with Gasteiger partial charge in [0.2, 0.25) is 0 Å². The molecule has 1 rings (SSSR count). The summed E-state index contributed by atoms with van der Waals surface area (Å²) in [6, 6.07) is 2.97. The van der Waals surface area contributed by atoms with E-state index in [4.69, 9.17) is 39.9 Å². The molecule has 0 aromatic heterocycles. The molecule has 15 heavy (non-hydrogen) atoms. The van der Waals surface area contributed by atoms with Crippen LogP contribution in [0.15, 0.2) is 12.1 Å². The van der Waals surface area contributed by atoms with Crippen LogP contribution in [-0.2, 0) is 4.79 Å². The maximum absolute atomic E-state index is 10.2. The van der Waals surface area contributed by atoms with Crippen LogP contribution >= 0.6 is 34.8 Å². The third-order valence-electron chi connectivity index (χ3n) is 1.47. The predicted octanol–water partition coefficient (Wildman–Crippen LogP) is 3.47. The van der Waals surface area contributed by atoms with E-state index in [1.807, 2.05) is 0 Å². The lowest BCUT2D eigenvalue weighted by Crippen LogP contribution is -1.90. The smallest absolute Gasteiger partial charge is 0.315 e. The molecule has 0 aliphatic heterocycles. The number of benzene rings is 1. The summed E-state index contributed by atoms with van der Waals surface area (Å²) in [7, 11) is 0. The predicted molar refractivity (Wildman–Crippen MR) is 60.6 cm³/mol. The zero-order valence-corrected chi connectivity index (χ0v) is 9.62. The van der Waals surface area contributed by atoms with Crippen molar-refractivity contribution in [1.82, 2.24) is 0 Å². The molecule has 0 aliphatic carbocycles. The number of carboxylic acid groups (broad SMARTS) is 1. The van der Waals surface area contributed by atoms with Gasteiger partial charge >= 0.3 is 5.97 Å². The lowest BCUT2D eigenvalue weighted by Gasteiger charge is -1.99. The molecule has 0 heterocycles. The Bertz CT molecular complexity index is 458. The molecule has 1 N–H and O–H groups in total. The molecule has 0 fully saturated rings. The first-order valence-electron chi connectivity index (χ1n) is 3.86. The fourth-order valence-electron chi connectivity index (χ4n) is 0.833. The molecule has 0 saturated carbocycles. The number of halogens is 3. The van der Waals surface area contributed by atoms with Gasteiger partial charge in [0.25, 0.3) is 0 Å². The van der Waals surface area contributed by atoms with E-state index in [1.54, 1.807) is 0 Å². The summed E-state index contributed by atoms with van der Waals surface area (Å²) in [6.45, 7) is 0. The Balaban J connectivity index is 2.98. The van der Waals surface area contributed by atoms with Crippen molar-refractivity contribution in [2.75, 3.05) is 0 Å². The van der Waals surface area contributed by atoms with E-state index in [-0.39, 0.29) is 6.42 Å². The molecule has 0 aliphatic rings. The Morgan fingerprint density at radius 1 is 1.20 bits per heavy atom. The van der Waals surface area contributed by atoms with E-state index in [9.17, 15) is 4.79 Å². The highest BCUT2D eigenvalue weighted by molar-refractivity contribution is 6.43. The van der Waals surface area contributed by atoms with Gasteiger partial charge in [0.15, 0.2) is 0 Å². The van der Waals surface area contributed by atoms with Gasteiger partial charge in [-0.25, -0.2) is 0 Å². The Hall–Kier alpha value is -0.880. The fraction of sp³-hybridized carbons (Fsp3) is 0.100. The van der Waals surface area contributed by atoms with Gasteiger partial charge in [0.05, 0.1) is 15.1 Å². The van der Waals surface area contributed by atoms with Crippen molar-refractivity contribution in [2.45, 2.75) is 6.42 Å². The van der Waals surface area contributed by atoms with Crippen molar-refractivity contribution in [3.05, 3.63) is 32.8 Å². The first kappa shape index (κ1) is 12.2. The molecular weight excluding hydrogens is 258 g/mol. The average Bonchev–Trinajstić information content (AvgIpc) is 2.13. The molecule has 0 bridgehead atoms. The third kappa shape index (κ3) is 3.64. The molecule has 0 spiro atoms. The summed E-state index contributed by atoms with van der Waals surface area (Å²) in [5.74, 6) is 4.07. The number of hydrogen-bond acceptors (Lipinski definition) is 1.